The lowest BCUT2D eigenvalue weighted by molar-refractivity contribution is 0.0693. The summed E-state index contributed by atoms with van der Waals surface area (Å²) in [6.07, 6.45) is 16.3. The van der Waals surface area contributed by atoms with Gasteiger partial charge in [-0.2, -0.15) is 0 Å². The molecule has 1 aliphatic carbocycles. The van der Waals surface area contributed by atoms with Crippen LogP contribution in [0.4, 0.5) is 0 Å². The zero-order valence-corrected chi connectivity index (χ0v) is 18.9. The van der Waals surface area contributed by atoms with Crippen LogP contribution in [0.25, 0.3) is 0 Å². The summed E-state index contributed by atoms with van der Waals surface area (Å²) < 4.78 is 5.61. The van der Waals surface area contributed by atoms with Crippen molar-refractivity contribution in [1.82, 2.24) is 0 Å². The van der Waals surface area contributed by atoms with E-state index in [-0.39, 0.29) is 11.0 Å². The van der Waals surface area contributed by atoms with E-state index < -0.39 is 5.97 Å². The van der Waals surface area contributed by atoms with Gasteiger partial charge < -0.3 is 9.84 Å². The molecule has 1 aliphatic rings. The average Bonchev–Trinajstić information content (AvgIpc) is 2.67. The molecule has 0 heterocycles. The highest BCUT2D eigenvalue weighted by Gasteiger charge is 2.26. The van der Waals surface area contributed by atoms with Crippen LogP contribution in [0.3, 0.4) is 0 Å². The van der Waals surface area contributed by atoms with Crippen molar-refractivity contribution in [3.8, 4) is 5.75 Å². The largest absolute Gasteiger partial charge is 0.489 e. The standard InChI is InChI=1S/C27H34O3/c1-20(15-16-24-22(3)12-9-18-27(24,4)5)10-8-11-21(2)17-19-30-25-14-7-6-13-23(25)26(28)29/h6-8,10-11,13-17H,9,12,18-19H2,1-5H3,(H,28,29). The summed E-state index contributed by atoms with van der Waals surface area (Å²) in [6.45, 7) is 11.4. The number of rotatable bonds is 8. The molecule has 0 atom stereocenters. The van der Waals surface area contributed by atoms with Gasteiger partial charge in [0.1, 0.15) is 17.9 Å². The van der Waals surface area contributed by atoms with Crippen molar-refractivity contribution in [2.45, 2.75) is 53.9 Å². The first-order valence-electron chi connectivity index (χ1n) is 10.6. The highest BCUT2D eigenvalue weighted by molar-refractivity contribution is 5.90. The number of hydrogen-bond donors (Lipinski definition) is 1. The number of carbonyl (C=O) groups is 1. The molecule has 0 aromatic heterocycles. The van der Waals surface area contributed by atoms with Gasteiger partial charge in [0, 0.05) is 0 Å². The molecule has 0 spiro atoms. The van der Waals surface area contributed by atoms with Crippen LogP contribution in [0.2, 0.25) is 0 Å². The van der Waals surface area contributed by atoms with Crippen LogP contribution in [0.5, 0.6) is 5.75 Å². The molecule has 0 amide bonds. The Balaban J connectivity index is 1.93. The van der Waals surface area contributed by atoms with E-state index in [2.05, 4.69) is 45.9 Å². The number of carboxylic acid groups (broad SMARTS) is 1. The van der Waals surface area contributed by atoms with Crippen molar-refractivity contribution < 1.29 is 14.6 Å². The zero-order chi connectivity index (χ0) is 22.1. The molecule has 0 radical (unpaired) electrons. The Labute approximate surface area is 181 Å². The minimum atomic E-state index is -0.984. The lowest BCUT2D eigenvalue weighted by Gasteiger charge is -2.32. The maximum atomic E-state index is 11.2. The second kappa shape index (κ2) is 10.8. The molecule has 0 saturated carbocycles. The van der Waals surface area contributed by atoms with Crippen molar-refractivity contribution in [3.05, 3.63) is 88.6 Å². The number of benzene rings is 1. The summed E-state index contributed by atoms with van der Waals surface area (Å²) in [4.78, 5) is 11.2. The fourth-order valence-corrected chi connectivity index (χ4v) is 3.73. The molecule has 160 valence electrons. The molecule has 1 aromatic carbocycles. The highest BCUT2D eigenvalue weighted by atomic mass is 16.5. The molecule has 30 heavy (non-hydrogen) atoms. The fraction of sp³-hybridized carbons (Fsp3) is 0.370. The van der Waals surface area contributed by atoms with E-state index in [1.165, 1.54) is 36.0 Å². The van der Waals surface area contributed by atoms with Crippen LogP contribution in [-0.4, -0.2) is 17.7 Å². The number of hydrogen-bond acceptors (Lipinski definition) is 2. The minimum Gasteiger partial charge on any atom is -0.489 e. The average molecular weight is 407 g/mol. The van der Waals surface area contributed by atoms with Gasteiger partial charge in [0.15, 0.2) is 0 Å². The van der Waals surface area contributed by atoms with Crippen LogP contribution < -0.4 is 4.74 Å². The van der Waals surface area contributed by atoms with Crippen LogP contribution >= 0.6 is 0 Å². The number of para-hydroxylation sites is 1. The third kappa shape index (κ3) is 6.91. The molecular weight excluding hydrogens is 372 g/mol. The molecule has 0 aliphatic heterocycles. The van der Waals surface area contributed by atoms with Crippen LogP contribution in [0, 0.1) is 5.41 Å². The first kappa shape index (κ1) is 23.5. The third-order valence-electron chi connectivity index (χ3n) is 5.54. The monoisotopic (exact) mass is 406 g/mol. The number of carboxylic acids is 1. The number of aromatic carboxylic acids is 1. The van der Waals surface area contributed by atoms with E-state index in [0.29, 0.717) is 12.4 Å². The Hall–Kier alpha value is -2.81. The van der Waals surface area contributed by atoms with Gasteiger partial charge in [-0.3, -0.25) is 0 Å². The Morgan fingerprint density at radius 3 is 2.60 bits per heavy atom. The first-order chi connectivity index (χ1) is 14.2. The molecule has 0 saturated heterocycles. The number of ether oxygens (including phenoxy) is 1. The summed E-state index contributed by atoms with van der Waals surface area (Å²) in [6, 6.07) is 6.68. The smallest absolute Gasteiger partial charge is 0.339 e. The lowest BCUT2D eigenvalue weighted by Crippen LogP contribution is -2.19. The van der Waals surface area contributed by atoms with Crippen LogP contribution in [-0.2, 0) is 0 Å². The van der Waals surface area contributed by atoms with Gasteiger partial charge >= 0.3 is 5.97 Å². The first-order valence-corrected chi connectivity index (χ1v) is 10.6. The zero-order valence-electron chi connectivity index (χ0n) is 18.9. The Bertz CT molecular complexity index is 908. The van der Waals surface area contributed by atoms with Gasteiger partial charge in [0.05, 0.1) is 0 Å². The molecule has 0 fully saturated rings. The molecule has 3 nitrogen and oxygen atoms in total. The Kier molecular flexibility index (Phi) is 8.46. The Morgan fingerprint density at radius 2 is 1.90 bits per heavy atom. The topological polar surface area (TPSA) is 46.5 Å². The number of allylic oxidation sites excluding steroid dienone is 9. The van der Waals surface area contributed by atoms with Crippen LogP contribution in [0.1, 0.15) is 64.2 Å². The van der Waals surface area contributed by atoms with Crippen LogP contribution in [0.15, 0.2) is 83.0 Å². The molecule has 3 heteroatoms. The lowest BCUT2D eigenvalue weighted by atomic mass is 9.72. The predicted octanol–water partition coefficient (Wildman–Crippen LogP) is 7.30. The van der Waals surface area contributed by atoms with Crippen molar-refractivity contribution in [2.24, 2.45) is 5.41 Å². The van der Waals surface area contributed by atoms with Gasteiger partial charge in [-0.05, 0) is 69.2 Å². The summed E-state index contributed by atoms with van der Waals surface area (Å²) in [5.41, 5.74) is 5.67. The summed E-state index contributed by atoms with van der Waals surface area (Å²) in [5, 5.41) is 9.19. The van der Waals surface area contributed by atoms with Crippen molar-refractivity contribution in [2.75, 3.05) is 6.61 Å². The Morgan fingerprint density at radius 1 is 1.17 bits per heavy atom. The van der Waals surface area contributed by atoms with Crippen molar-refractivity contribution in [3.63, 3.8) is 0 Å². The highest BCUT2D eigenvalue weighted by Crippen LogP contribution is 2.40. The SMILES string of the molecule is CC(C=CC1=C(C)CCCC1(C)C)=CC=CC(C)=CCOc1ccccc1C(=O)O. The summed E-state index contributed by atoms with van der Waals surface area (Å²) in [7, 11) is 0. The molecule has 2 rings (SSSR count). The normalized spacial score (nSPS) is 17.8. The van der Waals surface area contributed by atoms with E-state index in [1.54, 1.807) is 24.3 Å². The van der Waals surface area contributed by atoms with Crippen molar-refractivity contribution >= 4 is 5.97 Å². The maximum absolute atomic E-state index is 11.2. The quantitative estimate of drug-likeness (QED) is 0.461. The predicted molar refractivity (Wildman–Crippen MR) is 125 cm³/mol. The van der Waals surface area contributed by atoms with Crippen molar-refractivity contribution in [1.29, 1.82) is 0 Å². The maximum Gasteiger partial charge on any atom is 0.339 e. The molecule has 0 unspecified atom stereocenters. The second-order valence-corrected chi connectivity index (χ2v) is 8.60. The van der Waals surface area contributed by atoms with Gasteiger partial charge in [0.25, 0.3) is 0 Å². The van der Waals surface area contributed by atoms with E-state index in [0.717, 1.165) is 5.57 Å². The van der Waals surface area contributed by atoms with E-state index in [4.69, 9.17) is 4.74 Å². The fourth-order valence-electron chi connectivity index (χ4n) is 3.73. The molecular formula is C27H34O3. The van der Waals surface area contributed by atoms with E-state index in [9.17, 15) is 9.90 Å². The van der Waals surface area contributed by atoms with Gasteiger partial charge in [-0.1, -0.05) is 73.1 Å². The van der Waals surface area contributed by atoms with Gasteiger partial charge in [0.2, 0.25) is 0 Å². The molecule has 1 aromatic rings. The minimum absolute atomic E-state index is 0.177. The van der Waals surface area contributed by atoms with E-state index in [1.807, 2.05) is 25.2 Å². The van der Waals surface area contributed by atoms with Gasteiger partial charge in [-0.25, -0.2) is 4.79 Å². The third-order valence-corrected chi connectivity index (χ3v) is 5.54. The second-order valence-electron chi connectivity index (χ2n) is 8.60. The molecule has 0 bridgehead atoms. The van der Waals surface area contributed by atoms with E-state index >= 15 is 0 Å². The molecule has 1 N–H and O–H groups in total. The summed E-state index contributed by atoms with van der Waals surface area (Å²) >= 11 is 0. The summed E-state index contributed by atoms with van der Waals surface area (Å²) in [5.74, 6) is -0.600. The van der Waals surface area contributed by atoms with Gasteiger partial charge in [-0.15, -0.1) is 0 Å².